The quantitative estimate of drug-likeness (QED) is 0.845. The molecule has 94 valence electrons. The molecule has 0 aromatic heterocycles. The second kappa shape index (κ2) is 5.46. The van der Waals surface area contributed by atoms with Crippen molar-refractivity contribution in [3.63, 3.8) is 0 Å². The summed E-state index contributed by atoms with van der Waals surface area (Å²) in [6.45, 7) is 2.90. The molecule has 3 N–H and O–H groups in total. The fourth-order valence-electron chi connectivity index (χ4n) is 2.12. The van der Waals surface area contributed by atoms with Crippen molar-refractivity contribution in [2.75, 3.05) is 6.54 Å². The summed E-state index contributed by atoms with van der Waals surface area (Å²) in [5.41, 5.74) is 6.28. The number of hydrogen-bond acceptors (Lipinski definition) is 4. The lowest BCUT2D eigenvalue weighted by molar-refractivity contribution is 0.196. The Hall–Kier alpha value is -2.15. The lowest BCUT2D eigenvalue weighted by Gasteiger charge is -2.17. The van der Waals surface area contributed by atoms with Gasteiger partial charge in [-0.3, -0.25) is 0 Å². The van der Waals surface area contributed by atoms with E-state index < -0.39 is 0 Å². The molecule has 0 radical (unpaired) electrons. The van der Waals surface area contributed by atoms with E-state index in [1.807, 2.05) is 25.1 Å². The fourth-order valence-corrected chi connectivity index (χ4v) is 2.12. The van der Waals surface area contributed by atoms with Crippen LogP contribution in [-0.2, 0) is 0 Å². The number of hydrogen-bond donors (Lipinski definition) is 2. The monoisotopic (exact) mass is 243 g/mol. The van der Waals surface area contributed by atoms with E-state index in [1.165, 1.54) is 0 Å². The van der Waals surface area contributed by atoms with E-state index in [-0.39, 0.29) is 6.10 Å². The summed E-state index contributed by atoms with van der Waals surface area (Å²) in [6, 6.07) is 9.33. The molecule has 0 unspecified atom stereocenters. The molecule has 0 aliphatic carbocycles. The molecule has 1 aliphatic heterocycles. The highest BCUT2D eigenvalue weighted by Gasteiger charge is 2.17. The van der Waals surface area contributed by atoms with Crippen molar-refractivity contribution >= 4 is 0 Å². The van der Waals surface area contributed by atoms with Crippen molar-refractivity contribution in [2.45, 2.75) is 19.4 Å². The zero-order chi connectivity index (χ0) is 13.0. The van der Waals surface area contributed by atoms with E-state index >= 15 is 0 Å². The van der Waals surface area contributed by atoms with E-state index in [2.05, 4.69) is 11.4 Å². The third kappa shape index (κ3) is 3.17. The average molecular weight is 243 g/mol. The van der Waals surface area contributed by atoms with Crippen LogP contribution in [-0.4, -0.2) is 12.6 Å². The van der Waals surface area contributed by atoms with Crippen LogP contribution in [0.1, 0.15) is 18.9 Å². The van der Waals surface area contributed by atoms with Crippen LogP contribution in [0.25, 0.3) is 0 Å². The Labute approximate surface area is 107 Å². The van der Waals surface area contributed by atoms with E-state index in [1.54, 1.807) is 12.1 Å². The number of ether oxygens (including phenoxy) is 1. The van der Waals surface area contributed by atoms with Crippen molar-refractivity contribution < 1.29 is 4.74 Å². The van der Waals surface area contributed by atoms with Crippen molar-refractivity contribution in [3.8, 4) is 11.8 Å². The number of benzene rings is 1. The summed E-state index contributed by atoms with van der Waals surface area (Å²) in [4.78, 5) is 0. The SMILES string of the molecule is C[C@@H](C[C@H]1C=C(N)NC1)Oc1cccc(C#N)c1. The van der Waals surface area contributed by atoms with Gasteiger partial charge < -0.3 is 15.8 Å². The first-order valence-electron chi connectivity index (χ1n) is 6.05. The third-order valence-corrected chi connectivity index (χ3v) is 2.92. The van der Waals surface area contributed by atoms with Crippen LogP contribution in [0.5, 0.6) is 5.75 Å². The lowest BCUT2D eigenvalue weighted by atomic mass is 10.0. The molecule has 0 fully saturated rings. The lowest BCUT2D eigenvalue weighted by Crippen LogP contribution is -2.21. The van der Waals surface area contributed by atoms with Crippen molar-refractivity contribution in [2.24, 2.45) is 11.7 Å². The Bertz CT molecular complexity index is 490. The Kier molecular flexibility index (Phi) is 3.73. The molecule has 1 aromatic rings. The molecule has 2 atom stereocenters. The largest absolute Gasteiger partial charge is 0.491 e. The summed E-state index contributed by atoms with van der Waals surface area (Å²) in [5.74, 6) is 1.90. The number of nitrogens with two attached hydrogens (primary N) is 1. The maximum absolute atomic E-state index is 8.82. The van der Waals surface area contributed by atoms with Gasteiger partial charge in [-0.1, -0.05) is 6.07 Å². The van der Waals surface area contributed by atoms with Crippen LogP contribution in [0, 0.1) is 17.2 Å². The maximum Gasteiger partial charge on any atom is 0.121 e. The summed E-state index contributed by atoms with van der Waals surface area (Å²) >= 11 is 0. The van der Waals surface area contributed by atoms with Crippen LogP contribution >= 0.6 is 0 Å². The van der Waals surface area contributed by atoms with Crippen molar-refractivity contribution in [3.05, 3.63) is 41.7 Å². The molecular formula is C14H17N3O. The van der Waals surface area contributed by atoms with Gasteiger partial charge in [0.2, 0.25) is 0 Å². The molecule has 0 saturated heterocycles. The molecule has 1 heterocycles. The van der Waals surface area contributed by atoms with Gasteiger partial charge in [0.15, 0.2) is 0 Å². The van der Waals surface area contributed by atoms with Gasteiger partial charge >= 0.3 is 0 Å². The third-order valence-electron chi connectivity index (χ3n) is 2.92. The smallest absolute Gasteiger partial charge is 0.121 e. The van der Waals surface area contributed by atoms with Gasteiger partial charge in [0.1, 0.15) is 5.75 Å². The highest BCUT2D eigenvalue weighted by atomic mass is 16.5. The van der Waals surface area contributed by atoms with Crippen molar-refractivity contribution in [1.82, 2.24) is 5.32 Å². The van der Waals surface area contributed by atoms with Gasteiger partial charge in [-0.15, -0.1) is 0 Å². The molecule has 18 heavy (non-hydrogen) atoms. The normalized spacial score (nSPS) is 19.6. The van der Waals surface area contributed by atoms with Gasteiger partial charge in [-0.05, 0) is 37.6 Å². The summed E-state index contributed by atoms with van der Waals surface area (Å²) in [6.07, 6.45) is 3.03. The first-order chi connectivity index (χ1) is 8.67. The number of nitrogens with one attached hydrogen (secondary N) is 1. The van der Waals surface area contributed by atoms with E-state index in [0.717, 1.165) is 24.5 Å². The van der Waals surface area contributed by atoms with Crippen LogP contribution in [0.15, 0.2) is 36.2 Å². The minimum absolute atomic E-state index is 0.0906. The maximum atomic E-state index is 8.82. The van der Waals surface area contributed by atoms with Crippen LogP contribution in [0.3, 0.4) is 0 Å². The highest BCUT2D eigenvalue weighted by molar-refractivity contribution is 5.36. The number of nitriles is 1. The molecule has 0 spiro atoms. The van der Waals surface area contributed by atoms with E-state index in [0.29, 0.717) is 11.5 Å². The van der Waals surface area contributed by atoms with Gasteiger partial charge in [0, 0.05) is 12.5 Å². The first-order valence-corrected chi connectivity index (χ1v) is 6.05. The molecule has 0 amide bonds. The van der Waals surface area contributed by atoms with Crippen LogP contribution < -0.4 is 15.8 Å². The first kappa shape index (κ1) is 12.3. The van der Waals surface area contributed by atoms with Gasteiger partial charge in [-0.25, -0.2) is 0 Å². The molecule has 1 aliphatic rings. The predicted molar refractivity (Wildman–Crippen MR) is 69.6 cm³/mol. The average Bonchev–Trinajstić information content (AvgIpc) is 2.74. The molecule has 4 heteroatoms. The summed E-state index contributed by atoms with van der Waals surface area (Å²) in [5, 5.41) is 11.9. The Balaban J connectivity index is 1.91. The second-order valence-electron chi connectivity index (χ2n) is 4.57. The fraction of sp³-hybridized carbons (Fsp3) is 0.357. The molecule has 2 rings (SSSR count). The molecule has 0 bridgehead atoms. The molecule has 0 saturated carbocycles. The van der Waals surface area contributed by atoms with Crippen LogP contribution in [0.4, 0.5) is 0 Å². The Morgan fingerprint density at radius 2 is 2.44 bits per heavy atom. The zero-order valence-corrected chi connectivity index (χ0v) is 10.4. The van der Waals surface area contributed by atoms with Gasteiger partial charge in [0.05, 0.1) is 23.6 Å². The van der Waals surface area contributed by atoms with Crippen molar-refractivity contribution in [1.29, 1.82) is 5.26 Å². The topological polar surface area (TPSA) is 71.1 Å². The molecular weight excluding hydrogens is 226 g/mol. The van der Waals surface area contributed by atoms with E-state index in [4.69, 9.17) is 15.7 Å². The zero-order valence-electron chi connectivity index (χ0n) is 10.4. The number of nitrogens with zero attached hydrogens (tertiary/aromatic N) is 1. The molecule has 1 aromatic carbocycles. The number of rotatable bonds is 4. The van der Waals surface area contributed by atoms with Gasteiger partial charge in [-0.2, -0.15) is 5.26 Å². The van der Waals surface area contributed by atoms with Gasteiger partial charge in [0.25, 0.3) is 0 Å². The van der Waals surface area contributed by atoms with Crippen LogP contribution in [0.2, 0.25) is 0 Å². The minimum Gasteiger partial charge on any atom is -0.491 e. The molecule has 4 nitrogen and oxygen atoms in total. The Morgan fingerprint density at radius 1 is 1.61 bits per heavy atom. The summed E-state index contributed by atoms with van der Waals surface area (Å²) < 4.78 is 5.81. The standard InChI is InChI=1S/C14H17N3O/c1-10(5-12-7-14(16)17-9-12)18-13-4-2-3-11(6-13)8-15/h2-4,6-7,10,12,17H,5,9,16H2,1H3/t10-,12-/m0/s1. The minimum atomic E-state index is 0.0906. The highest BCUT2D eigenvalue weighted by Crippen LogP contribution is 2.19. The summed E-state index contributed by atoms with van der Waals surface area (Å²) in [7, 11) is 0. The Morgan fingerprint density at radius 3 is 3.11 bits per heavy atom. The predicted octanol–water partition coefficient (Wildman–Crippen LogP) is 1.74. The second-order valence-corrected chi connectivity index (χ2v) is 4.57. The van der Waals surface area contributed by atoms with E-state index in [9.17, 15) is 0 Å².